The molecular formula is C31H43N3O3. The summed E-state index contributed by atoms with van der Waals surface area (Å²) in [6, 6.07) is 15.8. The van der Waals surface area contributed by atoms with Crippen molar-refractivity contribution in [3.05, 3.63) is 54.7 Å². The lowest BCUT2D eigenvalue weighted by Gasteiger charge is -2.08. The van der Waals surface area contributed by atoms with Crippen LogP contribution in [0.15, 0.2) is 54.7 Å². The molecule has 0 radical (unpaired) electrons. The van der Waals surface area contributed by atoms with Crippen molar-refractivity contribution < 1.29 is 14.2 Å². The monoisotopic (exact) mass is 505 g/mol. The van der Waals surface area contributed by atoms with Crippen molar-refractivity contribution in [1.82, 2.24) is 15.2 Å². The van der Waals surface area contributed by atoms with Crippen LogP contribution in [0, 0.1) is 0 Å². The van der Waals surface area contributed by atoms with E-state index in [0.717, 1.165) is 67.2 Å². The Hall–Kier alpha value is -2.99. The van der Waals surface area contributed by atoms with Crippen LogP contribution in [0.3, 0.4) is 0 Å². The molecule has 6 heteroatoms. The molecule has 0 spiro atoms. The molecule has 0 aliphatic heterocycles. The lowest BCUT2D eigenvalue weighted by Crippen LogP contribution is -2.01. The van der Waals surface area contributed by atoms with Crippen molar-refractivity contribution in [3.8, 4) is 34.1 Å². The third-order valence-electron chi connectivity index (χ3n) is 6.19. The first-order valence-electron chi connectivity index (χ1n) is 14.0. The highest BCUT2D eigenvalue weighted by atomic mass is 16.5. The molecule has 2 aromatic heterocycles. The lowest BCUT2D eigenvalue weighted by molar-refractivity contribution is 0.123. The number of hydrogen-bond donors (Lipinski definition) is 0. The third-order valence-corrected chi connectivity index (χ3v) is 6.19. The SMILES string of the molecule is CCCCCCCCOc1ccc(-c2ccc(-c3ccc(OCCCCOCCCC)cc3)nn2)cn1. The van der Waals surface area contributed by atoms with E-state index < -0.39 is 0 Å². The summed E-state index contributed by atoms with van der Waals surface area (Å²) in [4.78, 5) is 4.43. The molecule has 3 aromatic rings. The molecule has 0 fully saturated rings. The smallest absolute Gasteiger partial charge is 0.213 e. The Bertz CT molecular complexity index is 976. The van der Waals surface area contributed by atoms with Crippen molar-refractivity contribution in [2.24, 2.45) is 0 Å². The highest BCUT2D eigenvalue weighted by Gasteiger charge is 2.06. The van der Waals surface area contributed by atoms with Gasteiger partial charge in [-0.1, -0.05) is 52.4 Å². The molecule has 0 bridgehead atoms. The maximum absolute atomic E-state index is 5.85. The zero-order chi connectivity index (χ0) is 26.0. The molecule has 0 saturated carbocycles. The number of benzene rings is 1. The standard InChI is InChI=1S/C31H43N3O3/c1-3-5-7-8-9-10-24-37-31-20-15-27(25-32-31)30-19-18-29(33-34-30)26-13-16-28(17-14-26)36-23-12-11-22-35-21-6-4-2/h13-20,25H,3-12,21-24H2,1-2H3. The van der Waals surface area contributed by atoms with Crippen LogP contribution in [0.2, 0.25) is 0 Å². The van der Waals surface area contributed by atoms with E-state index in [9.17, 15) is 0 Å². The van der Waals surface area contributed by atoms with E-state index in [1.54, 1.807) is 6.20 Å². The van der Waals surface area contributed by atoms with Gasteiger partial charge in [0.1, 0.15) is 5.75 Å². The van der Waals surface area contributed by atoms with E-state index in [0.29, 0.717) is 19.1 Å². The summed E-state index contributed by atoms with van der Waals surface area (Å²) in [7, 11) is 0. The fourth-order valence-corrected chi connectivity index (χ4v) is 3.88. The summed E-state index contributed by atoms with van der Waals surface area (Å²) in [6.07, 6.45) is 13.6. The van der Waals surface area contributed by atoms with Gasteiger partial charge in [0.2, 0.25) is 5.88 Å². The van der Waals surface area contributed by atoms with Crippen LogP contribution < -0.4 is 9.47 Å². The number of rotatable bonds is 19. The van der Waals surface area contributed by atoms with Gasteiger partial charge in [-0.2, -0.15) is 0 Å². The van der Waals surface area contributed by atoms with Crippen molar-refractivity contribution in [2.75, 3.05) is 26.4 Å². The van der Waals surface area contributed by atoms with E-state index in [4.69, 9.17) is 14.2 Å². The van der Waals surface area contributed by atoms with Gasteiger partial charge < -0.3 is 14.2 Å². The third kappa shape index (κ3) is 10.9. The maximum Gasteiger partial charge on any atom is 0.213 e. The lowest BCUT2D eigenvalue weighted by atomic mass is 10.1. The number of aromatic nitrogens is 3. The predicted molar refractivity (Wildman–Crippen MR) is 150 cm³/mol. The molecule has 6 nitrogen and oxygen atoms in total. The highest BCUT2D eigenvalue weighted by molar-refractivity contribution is 5.63. The molecule has 1 aromatic carbocycles. The van der Waals surface area contributed by atoms with Crippen LogP contribution in [0.25, 0.3) is 22.5 Å². The molecule has 0 amide bonds. The normalized spacial score (nSPS) is 11.0. The molecule has 3 rings (SSSR count). The van der Waals surface area contributed by atoms with Crippen molar-refractivity contribution >= 4 is 0 Å². The average Bonchev–Trinajstić information content (AvgIpc) is 2.95. The Morgan fingerprint density at radius 2 is 1.14 bits per heavy atom. The number of hydrogen-bond acceptors (Lipinski definition) is 6. The van der Waals surface area contributed by atoms with Gasteiger partial charge >= 0.3 is 0 Å². The fraction of sp³-hybridized carbons (Fsp3) is 0.516. The Labute approximate surface area is 222 Å². The van der Waals surface area contributed by atoms with Gasteiger partial charge in [0.05, 0.1) is 24.6 Å². The first kappa shape index (κ1) is 28.6. The Morgan fingerprint density at radius 1 is 0.541 bits per heavy atom. The molecule has 0 N–H and O–H groups in total. The van der Waals surface area contributed by atoms with E-state index in [1.165, 1.54) is 38.5 Å². The van der Waals surface area contributed by atoms with Gasteiger partial charge in [0.15, 0.2) is 0 Å². The molecule has 200 valence electrons. The van der Waals surface area contributed by atoms with Gasteiger partial charge in [0.25, 0.3) is 0 Å². The van der Waals surface area contributed by atoms with Crippen molar-refractivity contribution in [3.63, 3.8) is 0 Å². The van der Waals surface area contributed by atoms with Crippen molar-refractivity contribution in [2.45, 2.75) is 78.1 Å². The van der Waals surface area contributed by atoms with Gasteiger partial charge in [-0.3, -0.25) is 0 Å². The molecule has 0 atom stereocenters. The van der Waals surface area contributed by atoms with Crippen LogP contribution in [0.4, 0.5) is 0 Å². The van der Waals surface area contributed by atoms with E-state index in [-0.39, 0.29) is 0 Å². The van der Waals surface area contributed by atoms with Gasteiger partial charge in [0, 0.05) is 36.6 Å². The average molecular weight is 506 g/mol. The van der Waals surface area contributed by atoms with Crippen LogP contribution in [-0.4, -0.2) is 41.6 Å². The quantitative estimate of drug-likeness (QED) is 0.154. The molecule has 0 aliphatic rings. The van der Waals surface area contributed by atoms with Crippen LogP contribution in [0.1, 0.15) is 78.1 Å². The summed E-state index contributed by atoms with van der Waals surface area (Å²) in [5.41, 5.74) is 3.54. The Morgan fingerprint density at radius 3 is 1.84 bits per heavy atom. The topological polar surface area (TPSA) is 66.4 Å². The minimum atomic E-state index is 0.657. The summed E-state index contributed by atoms with van der Waals surface area (Å²) in [6.45, 7) is 7.49. The Kier molecular flexibility index (Phi) is 13.5. The van der Waals surface area contributed by atoms with E-state index >= 15 is 0 Å². The number of nitrogens with zero attached hydrogens (tertiary/aromatic N) is 3. The van der Waals surface area contributed by atoms with E-state index in [2.05, 4.69) is 29.0 Å². The molecule has 2 heterocycles. The maximum atomic E-state index is 5.85. The van der Waals surface area contributed by atoms with Crippen molar-refractivity contribution in [1.29, 1.82) is 0 Å². The first-order chi connectivity index (χ1) is 18.3. The summed E-state index contributed by atoms with van der Waals surface area (Å²) < 4.78 is 17.2. The molecule has 0 unspecified atom stereocenters. The molecular weight excluding hydrogens is 462 g/mol. The van der Waals surface area contributed by atoms with Crippen LogP contribution in [-0.2, 0) is 4.74 Å². The zero-order valence-electron chi connectivity index (χ0n) is 22.7. The summed E-state index contributed by atoms with van der Waals surface area (Å²) in [5.74, 6) is 1.52. The molecule has 0 saturated heterocycles. The Balaban J connectivity index is 1.39. The zero-order valence-corrected chi connectivity index (χ0v) is 22.7. The minimum Gasteiger partial charge on any atom is -0.494 e. The second kappa shape index (κ2) is 17.5. The van der Waals surface area contributed by atoms with Crippen LogP contribution in [0.5, 0.6) is 11.6 Å². The van der Waals surface area contributed by atoms with Gasteiger partial charge in [-0.15, -0.1) is 10.2 Å². The fourth-order valence-electron chi connectivity index (χ4n) is 3.88. The first-order valence-corrected chi connectivity index (χ1v) is 14.0. The second-order valence-corrected chi connectivity index (χ2v) is 9.35. The predicted octanol–water partition coefficient (Wildman–Crippen LogP) is 7.92. The summed E-state index contributed by atoms with van der Waals surface area (Å²) >= 11 is 0. The summed E-state index contributed by atoms with van der Waals surface area (Å²) in [5, 5.41) is 8.83. The highest BCUT2D eigenvalue weighted by Crippen LogP contribution is 2.23. The van der Waals surface area contributed by atoms with E-state index in [1.807, 2.05) is 48.5 Å². The number of ether oxygens (including phenoxy) is 3. The van der Waals surface area contributed by atoms with Crippen LogP contribution >= 0.6 is 0 Å². The second-order valence-electron chi connectivity index (χ2n) is 9.35. The largest absolute Gasteiger partial charge is 0.494 e. The minimum absolute atomic E-state index is 0.657. The van der Waals surface area contributed by atoms with Gasteiger partial charge in [-0.05, 0) is 68.1 Å². The van der Waals surface area contributed by atoms with Gasteiger partial charge in [-0.25, -0.2) is 4.98 Å². The number of pyridine rings is 1. The molecule has 0 aliphatic carbocycles. The number of unbranched alkanes of at least 4 members (excludes halogenated alkanes) is 7. The molecule has 37 heavy (non-hydrogen) atoms.